The molecule has 1 N–H and O–H groups in total. The average molecular weight is 318 g/mol. The number of halogens is 2. The molecule has 1 atom stereocenters. The van der Waals surface area contributed by atoms with Crippen LogP contribution in [0.1, 0.15) is 25.3 Å². The number of hydrogen-bond donors (Lipinski definition) is 1. The molecule has 1 aromatic carbocycles. The molecule has 6 heteroatoms. The van der Waals surface area contributed by atoms with Gasteiger partial charge < -0.3 is 10.0 Å². The zero-order valence-corrected chi connectivity index (χ0v) is 12.9. The van der Waals surface area contributed by atoms with Gasteiger partial charge in [-0.3, -0.25) is 9.59 Å². The van der Waals surface area contributed by atoms with Gasteiger partial charge in [-0.25, -0.2) is 0 Å². The van der Waals surface area contributed by atoms with E-state index < -0.39 is 5.97 Å². The summed E-state index contributed by atoms with van der Waals surface area (Å²) in [7, 11) is 1.67. The fraction of sp³-hybridized carbons (Fsp3) is 0.429. The Morgan fingerprint density at radius 2 is 1.95 bits per heavy atom. The van der Waals surface area contributed by atoms with Crippen LogP contribution >= 0.6 is 23.2 Å². The second-order valence-corrected chi connectivity index (χ2v) is 5.74. The molecule has 0 aliphatic carbocycles. The lowest BCUT2D eigenvalue weighted by atomic mass is 10.0. The van der Waals surface area contributed by atoms with Gasteiger partial charge in [0.1, 0.15) is 0 Å². The molecule has 110 valence electrons. The molecular weight excluding hydrogens is 301 g/mol. The van der Waals surface area contributed by atoms with Gasteiger partial charge in [-0.05, 0) is 23.6 Å². The summed E-state index contributed by atoms with van der Waals surface area (Å²) in [6.07, 6.45) is 0.190. The van der Waals surface area contributed by atoms with Crippen LogP contribution in [-0.2, 0) is 16.1 Å². The summed E-state index contributed by atoms with van der Waals surface area (Å²) < 4.78 is 0. The van der Waals surface area contributed by atoms with Crippen molar-refractivity contribution in [2.75, 3.05) is 7.05 Å². The summed E-state index contributed by atoms with van der Waals surface area (Å²) in [5.41, 5.74) is 0.804. The van der Waals surface area contributed by atoms with Gasteiger partial charge in [0.05, 0.1) is 0 Å². The predicted molar refractivity (Wildman–Crippen MR) is 79.0 cm³/mol. The first kappa shape index (κ1) is 16.8. The van der Waals surface area contributed by atoms with Crippen molar-refractivity contribution in [2.45, 2.75) is 26.3 Å². The smallest absolute Gasteiger partial charge is 0.303 e. The Labute approximate surface area is 128 Å². The Bertz CT molecular complexity index is 505. The maximum absolute atomic E-state index is 12.0. The summed E-state index contributed by atoms with van der Waals surface area (Å²) in [4.78, 5) is 24.1. The van der Waals surface area contributed by atoms with E-state index in [1.165, 1.54) is 4.90 Å². The third-order valence-corrected chi connectivity index (χ3v) is 3.48. The van der Waals surface area contributed by atoms with Crippen LogP contribution in [0.2, 0.25) is 10.0 Å². The normalized spacial score (nSPS) is 12.0. The van der Waals surface area contributed by atoms with E-state index >= 15 is 0 Å². The lowest BCUT2D eigenvalue weighted by molar-refractivity contribution is -0.138. The lowest BCUT2D eigenvalue weighted by Crippen LogP contribution is -2.28. The highest BCUT2D eigenvalue weighted by atomic mass is 35.5. The van der Waals surface area contributed by atoms with Crippen LogP contribution in [0, 0.1) is 5.92 Å². The molecule has 1 aromatic rings. The molecule has 1 amide bonds. The summed E-state index contributed by atoms with van der Waals surface area (Å²) in [6.45, 7) is 2.11. The minimum absolute atomic E-state index is 0.0126. The van der Waals surface area contributed by atoms with Crippen molar-refractivity contribution in [3.63, 3.8) is 0 Å². The highest BCUT2D eigenvalue weighted by Gasteiger charge is 2.16. The van der Waals surface area contributed by atoms with Gasteiger partial charge in [0.25, 0.3) is 0 Å². The van der Waals surface area contributed by atoms with E-state index in [0.717, 1.165) is 5.56 Å². The second-order valence-electron chi connectivity index (χ2n) is 4.89. The topological polar surface area (TPSA) is 57.6 Å². The molecule has 4 nitrogen and oxygen atoms in total. The van der Waals surface area contributed by atoms with Crippen LogP contribution in [-0.4, -0.2) is 28.9 Å². The number of nitrogens with zero attached hydrogens (tertiary/aromatic N) is 1. The number of carboxylic acids is 1. The van der Waals surface area contributed by atoms with Gasteiger partial charge >= 0.3 is 5.97 Å². The van der Waals surface area contributed by atoms with Crippen LogP contribution in [0.5, 0.6) is 0 Å². The number of carbonyl (C=O) groups is 2. The first-order valence-electron chi connectivity index (χ1n) is 6.19. The van der Waals surface area contributed by atoms with E-state index in [0.29, 0.717) is 16.6 Å². The summed E-state index contributed by atoms with van der Waals surface area (Å²) in [5.74, 6) is -1.19. The van der Waals surface area contributed by atoms with Crippen molar-refractivity contribution in [2.24, 2.45) is 5.92 Å². The van der Waals surface area contributed by atoms with Gasteiger partial charge in [0.15, 0.2) is 0 Å². The highest BCUT2D eigenvalue weighted by molar-refractivity contribution is 6.35. The molecular formula is C14H17Cl2NO3. The van der Waals surface area contributed by atoms with Crippen molar-refractivity contribution in [3.05, 3.63) is 33.8 Å². The minimum Gasteiger partial charge on any atom is -0.481 e. The van der Waals surface area contributed by atoms with E-state index in [2.05, 4.69) is 0 Å². The maximum atomic E-state index is 12.0. The molecule has 0 radical (unpaired) electrons. The lowest BCUT2D eigenvalue weighted by Gasteiger charge is -2.20. The van der Waals surface area contributed by atoms with Crippen molar-refractivity contribution < 1.29 is 14.7 Å². The van der Waals surface area contributed by atoms with Gasteiger partial charge in [-0.1, -0.05) is 36.2 Å². The average Bonchev–Trinajstić information content (AvgIpc) is 2.31. The zero-order valence-electron chi connectivity index (χ0n) is 11.4. The van der Waals surface area contributed by atoms with Crippen LogP contribution < -0.4 is 0 Å². The molecule has 0 bridgehead atoms. The molecule has 1 unspecified atom stereocenters. The summed E-state index contributed by atoms with van der Waals surface area (Å²) in [5, 5.41) is 9.73. The highest BCUT2D eigenvalue weighted by Crippen LogP contribution is 2.22. The third kappa shape index (κ3) is 5.39. The van der Waals surface area contributed by atoms with E-state index in [-0.39, 0.29) is 24.7 Å². The van der Waals surface area contributed by atoms with Crippen molar-refractivity contribution in [1.82, 2.24) is 4.90 Å². The zero-order chi connectivity index (χ0) is 15.3. The maximum Gasteiger partial charge on any atom is 0.303 e. The molecule has 0 aliphatic heterocycles. The molecule has 0 fully saturated rings. The summed E-state index contributed by atoms with van der Waals surface area (Å²) >= 11 is 11.9. The molecule has 0 saturated carbocycles. The van der Waals surface area contributed by atoms with E-state index in [1.54, 1.807) is 32.2 Å². The quantitative estimate of drug-likeness (QED) is 0.874. The van der Waals surface area contributed by atoms with Gasteiger partial charge in [-0.2, -0.15) is 0 Å². The monoisotopic (exact) mass is 317 g/mol. The van der Waals surface area contributed by atoms with E-state index in [1.807, 2.05) is 0 Å². The minimum atomic E-state index is -0.895. The van der Waals surface area contributed by atoms with Crippen molar-refractivity contribution in [3.8, 4) is 0 Å². The van der Waals surface area contributed by atoms with Crippen LogP contribution in [0.15, 0.2) is 18.2 Å². The molecule has 0 saturated heterocycles. The Kier molecular flexibility index (Phi) is 6.30. The van der Waals surface area contributed by atoms with Crippen LogP contribution in [0.25, 0.3) is 0 Å². The number of carbonyl (C=O) groups excluding carboxylic acids is 1. The fourth-order valence-corrected chi connectivity index (χ4v) is 2.29. The van der Waals surface area contributed by atoms with Crippen molar-refractivity contribution >= 4 is 35.1 Å². The first-order valence-corrected chi connectivity index (χ1v) is 6.95. The Balaban J connectivity index is 2.59. The number of amides is 1. The van der Waals surface area contributed by atoms with E-state index in [9.17, 15) is 9.59 Å². The number of benzene rings is 1. The number of hydrogen-bond acceptors (Lipinski definition) is 2. The first-order chi connectivity index (χ1) is 9.29. The number of carboxylic acid groups (broad SMARTS) is 1. The molecule has 20 heavy (non-hydrogen) atoms. The Hall–Kier alpha value is -1.26. The Morgan fingerprint density at radius 1 is 1.30 bits per heavy atom. The largest absolute Gasteiger partial charge is 0.481 e. The predicted octanol–water partition coefficient (Wildman–Crippen LogP) is 3.45. The second kappa shape index (κ2) is 7.50. The number of rotatable bonds is 6. The van der Waals surface area contributed by atoms with Gasteiger partial charge in [0, 0.05) is 36.5 Å². The summed E-state index contributed by atoms with van der Waals surface area (Å²) in [6, 6.07) is 5.12. The molecule has 0 spiro atoms. The SMILES string of the molecule is CC(CC(=O)O)CC(=O)N(C)Cc1ccc(Cl)cc1Cl. The van der Waals surface area contributed by atoms with Crippen LogP contribution in [0.4, 0.5) is 0 Å². The fourth-order valence-electron chi connectivity index (χ4n) is 1.82. The number of aliphatic carboxylic acids is 1. The molecule has 0 aliphatic rings. The van der Waals surface area contributed by atoms with Gasteiger partial charge in [-0.15, -0.1) is 0 Å². The van der Waals surface area contributed by atoms with Crippen LogP contribution in [0.3, 0.4) is 0 Å². The van der Waals surface area contributed by atoms with Crippen molar-refractivity contribution in [1.29, 1.82) is 0 Å². The molecule has 0 heterocycles. The standard InChI is InChI=1S/C14H17Cl2NO3/c1-9(6-14(19)20)5-13(18)17(2)8-10-3-4-11(15)7-12(10)16/h3-4,7,9H,5-6,8H2,1-2H3,(H,19,20). The Morgan fingerprint density at radius 3 is 2.50 bits per heavy atom. The van der Waals surface area contributed by atoms with E-state index in [4.69, 9.17) is 28.3 Å². The third-order valence-electron chi connectivity index (χ3n) is 2.89. The van der Waals surface area contributed by atoms with Gasteiger partial charge in [0.2, 0.25) is 5.91 Å². The molecule has 1 rings (SSSR count). The molecule has 0 aromatic heterocycles.